The number of hydrogen-bond donors (Lipinski definition) is 1. The number of carbonyl (C=O) groups is 1. The number of carboxylic acid groups (broad SMARTS) is 1. The summed E-state index contributed by atoms with van der Waals surface area (Å²) < 4.78 is 13.8. The minimum atomic E-state index is -1.96. The van der Waals surface area contributed by atoms with E-state index < -0.39 is 11.6 Å². The van der Waals surface area contributed by atoms with Crippen LogP contribution in [-0.2, 0) is 4.79 Å². The quantitative estimate of drug-likeness (QED) is 0.666. The molecule has 2 bridgehead atoms. The van der Waals surface area contributed by atoms with Gasteiger partial charge in [-0.2, -0.15) is 0 Å². The Bertz CT molecular complexity index is 230. The molecule has 0 aromatic rings. The molecule has 2 fully saturated rings. The van der Waals surface area contributed by atoms with E-state index in [0.717, 1.165) is 12.8 Å². The lowest BCUT2D eigenvalue weighted by molar-refractivity contribution is -0.156. The highest BCUT2D eigenvalue weighted by atomic mass is 19.1. The average molecular weight is 187 g/mol. The number of alkyl halides is 1. The van der Waals surface area contributed by atoms with Crippen LogP contribution in [0.25, 0.3) is 0 Å². The third-order valence-electron chi connectivity index (χ3n) is 3.49. The Labute approximate surface area is 76.5 Å². The van der Waals surface area contributed by atoms with E-state index in [2.05, 4.69) is 4.90 Å². The lowest BCUT2D eigenvalue weighted by Crippen LogP contribution is -2.50. The van der Waals surface area contributed by atoms with Gasteiger partial charge in [-0.15, -0.1) is 0 Å². The number of piperidine rings is 1. The van der Waals surface area contributed by atoms with Crippen molar-refractivity contribution in [1.82, 2.24) is 4.90 Å². The topological polar surface area (TPSA) is 40.5 Å². The number of rotatable bonds is 1. The summed E-state index contributed by atoms with van der Waals surface area (Å²) in [5.74, 6) is -1.28. The van der Waals surface area contributed by atoms with E-state index in [4.69, 9.17) is 5.11 Å². The molecule has 0 aromatic heterocycles. The lowest BCUT2D eigenvalue weighted by atomic mass is 9.88. The normalized spacial score (nSPS) is 45.1. The first kappa shape index (κ1) is 8.94. The van der Waals surface area contributed by atoms with Crippen LogP contribution in [0.4, 0.5) is 4.39 Å². The van der Waals surface area contributed by atoms with Gasteiger partial charge in [-0.05, 0) is 19.9 Å². The molecule has 2 aliphatic rings. The van der Waals surface area contributed by atoms with Gasteiger partial charge in [-0.3, -0.25) is 0 Å². The second kappa shape index (κ2) is 2.67. The van der Waals surface area contributed by atoms with E-state index in [9.17, 15) is 9.18 Å². The molecule has 1 N–H and O–H groups in total. The van der Waals surface area contributed by atoms with E-state index >= 15 is 0 Å². The van der Waals surface area contributed by atoms with Crippen LogP contribution in [0.3, 0.4) is 0 Å². The SMILES string of the molecule is CN1C2CCC1CC(F)(C(=O)O)C2. The summed E-state index contributed by atoms with van der Waals surface area (Å²) in [6, 6.07) is 0.277. The van der Waals surface area contributed by atoms with Crippen LogP contribution in [0.5, 0.6) is 0 Å². The van der Waals surface area contributed by atoms with Gasteiger partial charge in [-0.25, -0.2) is 9.18 Å². The van der Waals surface area contributed by atoms with Crippen molar-refractivity contribution < 1.29 is 14.3 Å². The van der Waals surface area contributed by atoms with Gasteiger partial charge in [0, 0.05) is 24.9 Å². The first-order chi connectivity index (χ1) is 6.03. The summed E-state index contributed by atoms with van der Waals surface area (Å²) in [6.07, 6.45) is 2.21. The lowest BCUT2D eigenvalue weighted by Gasteiger charge is -2.37. The van der Waals surface area contributed by atoms with Crippen LogP contribution >= 0.6 is 0 Å². The third kappa shape index (κ3) is 1.24. The molecule has 0 saturated carbocycles. The second-order valence-electron chi connectivity index (χ2n) is 4.23. The van der Waals surface area contributed by atoms with Crippen LogP contribution in [0, 0.1) is 0 Å². The highest BCUT2D eigenvalue weighted by Crippen LogP contribution is 2.41. The molecule has 3 nitrogen and oxygen atoms in total. The van der Waals surface area contributed by atoms with Crippen molar-refractivity contribution in [1.29, 1.82) is 0 Å². The molecule has 74 valence electrons. The molecule has 0 aromatic carbocycles. The zero-order valence-electron chi connectivity index (χ0n) is 7.66. The summed E-state index contributed by atoms with van der Waals surface area (Å²) >= 11 is 0. The number of carboxylic acids is 1. The maximum absolute atomic E-state index is 13.8. The molecule has 2 atom stereocenters. The van der Waals surface area contributed by atoms with Crippen molar-refractivity contribution in [2.24, 2.45) is 0 Å². The van der Waals surface area contributed by atoms with Crippen LogP contribution in [0.2, 0.25) is 0 Å². The zero-order valence-corrected chi connectivity index (χ0v) is 7.66. The van der Waals surface area contributed by atoms with Gasteiger partial charge in [0.05, 0.1) is 0 Å². The smallest absolute Gasteiger partial charge is 0.341 e. The third-order valence-corrected chi connectivity index (χ3v) is 3.49. The largest absolute Gasteiger partial charge is 0.479 e. The molecule has 0 spiro atoms. The Morgan fingerprint density at radius 3 is 2.31 bits per heavy atom. The minimum absolute atomic E-state index is 0.139. The monoisotopic (exact) mass is 187 g/mol. The van der Waals surface area contributed by atoms with Crippen LogP contribution in [0.1, 0.15) is 25.7 Å². The number of hydrogen-bond acceptors (Lipinski definition) is 2. The predicted molar refractivity (Wildman–Crippen MR) is 45.3 cm³/mol. The highest BCUT2D eigenvalue weighted by Gasteiger charge is 2.51. The molecule has 2 heterocycles. The van der Waals surface area contributed by atoms with E-state index in [1.807, 2.05) is 7.05 Å². The summed E-state index contributed by atoms with van der Waals surface area (Å²) in [7, 11) is 1.96. The average Bonchev–Trinajstić information content (AvgIpc) is 2.33. The van der Waals surface area contributed by atoms with Crippen molar-refractivity contribution >= 4 is 5.97 Å². The Balaban J connectivity index is 2.19. The molecule has 2 aliphatic heterocycles. The molecule has 0 aliphatic carbocycles. The molecule has 0 amide bonds. The molecular formula is C9H14FNO2. The molecular weight excluding hydrogens is 173 g/mol. The first-order valence-electron chi connectivity index (χ1n) is 4.67. The predicted octanol–water partition coefficient (Wildman–Crippen LogP) is 1.04. The van der Waals surface area contributed by atoms with Crippen molar-refractivity contribution in [3.63, 3.8) is 0 Å². The van der Waals surface area contributed by atoms with Crippen LogP contribution in [-0.4, -0.2) is 40.8 Å². The number of halogens is 1. The van der Waals surface area contributed by atoms with Gasteiger partial charge in [0.15, 0.2) is 0 Å². The number of fused-ring (bicyclic) bond motifs is 2. The maximum Gasteiger partial charge on any atom is 0.341 e. The second-order valence-corrected chi connectivity index (χ2v) is 4.23. The Kier molecular flexibility index (Phi) is 1.84. The number of aliphatic carboxylic acids is 1. The van der Waals surface area contributed by atoms with Gasteiger partial charge in [0.1, 0.15) is 0 Å². The van der Waals surface area contributed by atoms with Crippen molar-refractivity contribution in [2.45, 2.75) is 43.4 Å². The standard InChI is InChI=1S/C9H14FNO2/c1-11-6-2-3-7(11)5-9(10,4-6)8(12)13/h6-7H,2-5H2,1H3,(H,12,13). The fourth-order valence-electron chi connectivity index (χ4n) is 2.59. The van der Waals surface area contributed by atoms with E-state index in [1.165, 1.54) is 0 Å². The molecule has 0 radical (unpaired) electrons. The molecule has 2 saturated heterocycles. The van der Waals surface area contributed by atoms with Crippen LogP contribution in [0.15, 0.2) is 0 Å². The Hall–Kier alpha value is -0.640. The number of nitrogens with zero attached hydrogens (tertiary/aromatic N) is 1. The van der Waals surface area contributed by atoms with Gasteiger partial charge < -0.3 is 10.0 Å². The van der Waals surface area contributed by atoms with E-state index in [0.29, 0.717) is 0 Å². The molecule has 2 unspecified atom stereocenters. The molecule has 13 heavy (non-hydrogen) atoms. The summed E-state index contributed by atoms with van der Waals surface area (Å²) in [4.78, 5) is 12.8. The van der Waals surface area contributed by atoms with Gasteiger partial charge in [0.2, 0.25) is 5.67 Å². The van der Waals surface area contributed by atoms with Gasteiger partial charge in [-0.1, -0.05) is 0 Å². The fraction of sp³-hybridized carbons (Fsp3) is 0.889. The van der Waals surface area contributed by atoms with Crippen molar-refractivity contribution in [3.05, 3.63) is 0 Å². The summed E-state index contributed by atoms with van der Waals surface area (Å²) in [5, 5.41) is 8.75. The summed E-state index contributed by atoms with van der Waals surface area (Å²) in [5.41, 5.74) is -1.96. The van der Waals surface area contributed by atoms with Gasteiger partial charge in [0.25, 0.3) is 0 Å². The fourth-order valence-corrected chi connectivity index (χ4v) is 2.59. The van der Waals surface area contributed by atoms with Gasteiger partial charge >= 0.3 is 5.97 Å². The Morgan fingerprint density at radius 1 is 1.46 bits per heavy atom. The first-order valence-corrected chi connectivity index (χ1v) is 4.67. The zero-order chi connectivity index (χ0) is 9.64. The van der Waals surface area contributed by atoms with E-state index in [1.54, 1.807) is 0 Å². The Morgan fingerprint density at radius 2 is 1.92 bits per heavy atom. The minimum Gasteiger partial charge on any atom is -0.479 e. The maximum atomic E-state index is 13.8. The van der Waals surface area contributed by atoms with Crippen LogP contribution < -0.4 is 0 Å². The molecule has 4 heteroatoms. The van der Waals surface area contributed by atoms with Crippen molar-refractivity contribution in [2.75, 3.05) is 7.05 Å². The van der Waals surface area contributed by atoms with Crippen molar-refractivity contribution in [3.8, 4) is 0 Å². The summed E-state index contributed by atoms with van der Waals surface area (Å²) in [6.45, 7) is 0. The van der Waals surface area contributed by atoms with E-state index in [-0.39, 0.29) is 24.9 Å². The molecule has 2 rings (SSSR count). The highest BCUT2D eigenvalue weighted by molar-refractivity contribution is 5.77.